The SMILES string of the molecule is COC1OC(OC)C(O)(CCC2C(=COS(=O)(=O)O)CCC3C2(C)CCC2C(C)(C)CCCC23C)C1O. The number of hydrogen-bond donors (Lipinski definition) is 3. The van der Waals surface area contributed by atoms with Crippen molar-refractivity contribution < 1.29 is 41.6 Å². The molecule has 4 rings (SSSR count). The van der Waals surface area contributed by atoms with Crippen LogP contribution < -0.4 is 0 Å². The first kappa shape index (κ1) is 29.2. The van der Waals surface area contributed by atoms with E-state index in [0.717, 1.165) is 24.8 Å². The van der Waals surface area contributed by atoms with Gasteiger partial charge in [-0.05, 0) is 90.9 Å². The fourth-order valence-electron chi connectivity index (χ4n) is 9.22. The summed E-state index contributed by atoms with van der Waals surface area (Å²) in [7, 11) is -1.83. The lowest BCUT2D eigenvalue weighted by Crippen LogP contribution is -2.58. The zero-order chi connectivity index (χ0) is 27.4. The van der Waals surface area contributed by atoms with E-state index in [9.17, 15) is 23.2 Å². The van der Waals surface area contributed by atoms with E-state index in [2.05, 4.69) is 27.7 Å². The van der Waals surface area contributed by atoms with Crippen molar-refractivity contribution in [2.45, 2.75) is 110 Å². The van der Waals surface area contributed by atoms with Gasteiger partial charge in [-0.15, -0.1) is 0 Å². The third-order valence-electron chi connectivity index (χ3n) is 10.8. The minimum Gasteiger partial charge on any atom is -0.385 e. The molecule has 4 aliphatic rings. The number of aliphatic hydroxyl groups is 2. The molecule has 4 fully saturated rings. The van der Waals surface area contributed by atoms with Gasteiger partial charge in [0.1, 0.15) is 18.0 Å². The maximum atomic E-state index is 11.5. The van der Waals surface area contributed by atoms with E-state index in [4.69, 9.17) is 18.4 Å². The Morgan fingerprint density at radius 3 is 2.35 bits per heavy atom. The summed E-state index contributed by atoms with van der Waals surface area (Å²) >= 11 is 0. The molecule has 9 atom stereocenters. The molecular weight excluding hydrogens is 500 g/mol. The zero-order valence-electron chi connectivity index (χ0n) is 23.1. The van der Waals surface area contributed by atoms with Crippen LogP contribution in [0.2, 0.25) is 0 Å². The molecule has 1 heterocycles. The van der Waals surface area contributed by atoms with Crippen LogP contribution in [0.3, 0.4) is 0 Å². The average molecular weight is 547 g/mol. The van der Waals surface area contributed by atoms with Crippen molar-refractivity contribution in [1.82, 2.24) is 0 Å². The Balaban J connectivity index is 1.68. The molecule has 9 nitrogen and oxygen atoms in total. The summed E-state index contributed by atoms with van der Waals surface area (Å²) in [5.74, 6) is 0.906. The first-order valence-electron chi connectivity index (χ1n) is 13.6. The summed E-state index contributed by atoms with van der Waals surface area (Å²) in [6, 6.07) is 0. The second-order valence-corrected chi connectivity index (χ2v) is 14.1. The summed E-state index contributed by atoms with van der Waals surface area (Å²) in [5, 5.41) is 22.4. The highest BCUT2D eigenvalue weighted by atomic mass is 32.3. The van der Waals surface area contributed by atoms with Gasteiger partial charge >= 0.3 is 10.4 Å². The molecule has 0 amide bonds. The van der Waals surface area contributed by atoms with Gasteiger partial charge in [0.05, 0.1) is 0 Å². The van der Waals surface area contributed by atoms with Crippen molar-refractivity contribution in [3.63, 3.8) is 0 Å². The normalized spacial score (nSPS) is 46.9. The maximum Gasteiger partial charge on any atom is 0.445 e. The van der Waals surface area contributed by atoms with Crippen LogP contribution in [-0.4, -0.2) is 61.7 Å². The standard InChI is InChI=1S/C27H46O9S/c1-24(2)12-7-13-26(4)19(24)11-14-25(3)18(17(8-9-20(25)26)16-35-37(30,31)32)10-15-27(29)21(28)22(33-5)36-23(27)34-6/h16,18-23,28-29H,7-15H2,1-6H3,(H,30,31,32). The third kappa shape index (κ3) is 5.00. The van der Waals surface area contributed by atoms with Gasteiger partial charge < -0.3 is 28.6 Å². The molecule has 10 heteroatoms. The molecule has 0 aromatic heterocycles. The minimum absolute atomic E-state index is 0.119. The zero-order valence-corrected chi connectivity index (χ0v) is 23.9. The Bertz CT molecular complexity index is 976. The van der Waals surface area contributed by atoms with Gasteiger partial charge in [0.25, 0.3) is 0 Å². The quantitative estimate of drug-likeness (QED) is 0.317. The molecule has 9 unspecified atom stereocenters. The molecule has 0 radical (unpaired) electrons. The van der Waals surface area contributed by atoms with E-state index < -0.39 is 34.7 Å². The highest BCUT2D eigenvalue weighted by molar-refractivity contribution is 7.81. The molecule has 37 heavy (non-hydrogen) atoms. The average Bonchev–Trinajstić information content (AvgIpc) is 3.04. The fourth-order valence-corrected chi connectivity index (χ4v) is 9.47. The molecule has 3 aliphatic carbocycles. The van der Waals surface area contributed by atoms with Crippen LogP contribution in [0, 0.1) is 34.0 Å². The van der Waals surface area contributed by atoms with E-state index in [-0.39, 0.29) is 28.6 Å². The van der Waals surface area contributed by atoms with Gasteiger partial charge in [0.2, 0.25) is 0 Å². The number of methoxy groups -OCH3 is 2. The van der Waals surface area contributed by atoms with Crippen LogP contribution in [0.4, 0.5) is 0 Å². The lowest BCUT2D eigenvalue weighted by molar-refractivity contribution is -0.220. The van der Waals surface area contributed by atoms with Crippen LogP contribution in [0.5, 0.6) is 0 Å². The molecule has 1 aliphatic heterocycles. The number of hydrogen-bond acceptors (Lipinski definition) is 8. The largest absolute Gasteiger partial charge is 0.445 e. The predicted octanol–water partition coefficient (Wildman–Crippen LogP) is 4.20. The second kappa shape index (κ2) is 10.0. The summed E-state index contributed by atoms with van der Waals surface area (Å²) in [4.78, 5) is 0. The molecule has 0 bridgehead atoms. The van der Waals surface area contributed by atoms with Crippen LogP contribution in [0.25, 0.3) is 0 Å². The smallest absolute Gasteiger partial charge is 0.385 e. The molecule has 214 valence electrons. The van der Waals surface area contributed by atoms with E-state index in [0.29, 0.717) is 24.7 Å². The molecular formula is C27H46O9S. The number of ether oxygens (including phenoxy) is 3. The minimum atomic E-state index is -4.64. The van der Waals surface area contributed by atoms with E-state index in [1.54, 1.807) is 0 Å². The van der Waals surface area contributed by atoms with Crippen molar-refractivity contribution in [1.29, 1.82) is 0 Å². The lowest BCUT2D eigenvalue weighted by atomic mass is 9.39. The number of fused-ring (bicyclic) bond motifs is 3. The Morgan fingerprint density at radius 1 is 1.03 bits per heavy atom. The summed E-state index contributed by atoms with van der Waals surface area (Å²) in [6.07, 6.45) is 5.67. The number of rotatable bonds is 7. The van der Waals surface area contributed by atoms with Crippen LogP contribution in [0.1, 0.15) is 85.5 Å². The molecule has 0 spiro atoms. The van der Waals surface area contributed by atoms with Crippen molar-refractivity contribution in [2.75, 3.05) is 14.2 Å². The van der Waals surface area contributed by atoms with Crippen LogP contribution in [-0.2, 0) is 28.8 Å². The first-order chi connectivity index (χ1) is 17.1. The Hall–Kier alpha value is -0.750. The van der Waals surface area contributed by atoms with Gasteiger partial charge in [-0.3, -0.25) is 4.55 Å². The summed E-state index contributed by atoms with van der Waals surface area (Å²) < 4.78 is 53.1. The van der Waals surface area contributed by atoms with Crippen LogP contribution >= 0.6 is 0 Å². The van der Waals surface area contributed by atoms with Crippen LogP contribution in [0.15, 0.2) is 11.8 Å². The molecule has 3 saturated carbocycles. The van der Waals surface area contributed by atoms with E-state index in [1.807, 2.05) is 0 Å². The van der Waals surface area contributed by atoms with Crippen molar-refractivity contribution in [3.8, 4) is 0 Å². The lowest BCUT2D eigenvalue weighted by Gasteiger charge is -2.66. The second-order valence-electron chi connectivity index (χ2n) is 13.1. The maximum absolute atomic E-state index is 11.5. The molecule has 0 aromatic rings. The highest BCUT2D eigenvalue weighted by Crippen LogP contribution is 2.69. The van der Waals surface area contributed by atoms with Crippen molar-refractivity contribution in [2.24, 2.45) is 34.0 Å². The highest BCUT2D eigenvalue weighted by Gasteiger charge is 2.62. The fraction of sp³-hybridized carbons (Fsp3) is 0.926. The Morgan fingerprint density at radius 2 is 1.73 bits per heavy atom. The molecule has 0 aromatic carbocycles. The summed E-state index contributed by atoms with van der Waals surface area (Å²) in [5.41, 5.74) is -0.625. The van der Waals surface area contributed by atoms with Crippen molar-refractivity contribution in [3.05, 3.63) is 11.8 Å². The topological polar surface area (TPSA) is 132 Å². The summed E-state index contributed by atoms with van der Waals surface area (Å²) in [6.45, 7) is 9.55. The monoisotopic (exact) mass is 546 g/mol. The Labute approximate surface area is 221 Å². The predicted molar refractivity (Wildman–Crippen MR) is 136 cm³/mol. The number of aliphatic hydroxyl groups excluding tert-OH is 1. The van der Waals surface area contributed by atoms with Gasteiger partial charge in [0, 0.05) is 14.2 Å². The number of allylic oxidation sites excluding steroid dienone is 1. The van der Waals surface area contributed by atoms with E-state index in [1.165, 1.54) is 39.7 Å². The van der Waals surface area contributed by atoms with Crippen molar-refractivity contribution >= 4 is 10.4 Å². The van der Waals surface area contributed by atoms with Gasteiger partial charge in [-0.2, -0.15) is 8.42 Å². The van der Waals surface area contributed by atoms with Gasteiger partial charge in [0.15, 0.2) is 12.6 Å². The Kier molecular flexibility index (Phi) is 7.92. The first-order valence-corrected chi connectivity index (χ1v) is 14.9. The van der Waals surface area contributed by atoms with Gasteiger partial charge in [-0.1, -0.05) is 34.1 Å². The van der Waals surface area contributed by atoms with E-state index >= 15 is 0 Å². The molecule has 3 N–H and O–H groups in total. The van der Waals surface area contributed by atoms with Gasteiger partial charge in [-0.25, -0.2) is 0 Å². The molecule has 1 saturated heterocycles. The third-order valence-corrected chi connectivity index (χ3v) is 11.2.